The number of fused-ring (bicyclic) bond motifs is 2. The fourth-order valence-electron chi connectivity index (χ4n) is 3.70. The molecule has 0 spiro atoms. The number of aromatic nitrogens is 1. The maximum atomic E-state index is 12.2. The van der Waals surface area contributed by atoms with E-state index in [0.29, 0.717) is 23.1 Å². The van der Waals surface area contributed by atoms with E-state index in [-0.39, 0.29) is 5.91 Å². The van der Waals surface area contributed by atoms with Gasteiger partial charge in [-0.1, -0.05) is 30.3 Å². The number of para-hydroxylation sites is 2. The SMILES string of the molecule is O=C(CSc1nc2ccccc2o1)N[C@H]1CCN2CCCC[C@@H]12. The molecule has 5 nitrogen and oxygen atoms in total. The van der Waals surface area contributed by atoms with Crippen molar-refractivity contribution >= 4 is 28.8 Å². The van der Waals surface area contributed by atoms with E-state index in [4.69, 9.17) is 4.42 Å². The Kier molecular flexibility index (Phi) is 4.27. The minimum atomic E-state index is 0.0784. The molecule has 4 rings (SSSR count). The number of hydrogen-bond donors (Lipinski definition) is 1. The third-order valence-electron chi connectivity index (χ3n) is 4.80. The summed E-state index contributed by atoms with van der Waals surface area (Å²) in [4.78, 5) is 19.2. The number of carbonyl (C=O) groups excluding carboxylic acids is 1. The van der Waals surface area contributed by atoms with Gasteiger partial charge in [0.2, 0.25) is 5.91 Å². The van der Waals surface area contributed by atoms with Gasteiger partial charge in [0, 0.05) is 18.6 Å². The number of piperidine rings is 1. The highest BCUT2D eigenvalue weighted by molar-refractivity contribution is 7.99. The fraction of sp³-hybridized carbons (Fsp3) is 0.529. The molecular formula is C17H21N3O2S. The van der Waals surface area contributed by atoms with Crippen LogP contribution < -0.4 is 5.32 Å². The Morgan fingerprint density at radius 1 is 1.30 bits per heavy atom. The Morgan fingerprint density at radius 3 is 3.13 bits per heavy atom. The Balaban J connectivity index is 1.31. The van der Waals surface area contributed by atoms with Crippen LogP contribution in [-0.4, -0.2) is 46.7 Å². The first kappa shape index (κ1) is 15.0. The average molecular weight is 331 g/mol. The van der Waals surface area contributed by atoms with Crippen LogP contribution in [0.2, 0.25) is 0 Å². The smallest absolute Gasteiger partial charge is 0.257 e. The van der Waals surface area contributed by atoms with Crippen molar-refractivity contribution in [2.24, 2.45) is 0 Å². The van der Waals surface area contributed by atoms with Gasteiger partial charge in [-0.15, -0.1) is 0 Å². The first-order valence-corrected chi connectivity index (χ1v) is 9.30. The number of oxazole rings is 1. The van der Waals surface area contributed by atoms with Crippen molar-refractivity contribution in [3.05, 3.63) is 24.3 Å². The molecule has 23 heavy (non-hydrogen) atoms. The molecule has 1 N–H and O–H groups in total. The summed E-state index contributed by atoms with van der Waals surface area (Å²) in [6.07, 6.45) is 4.86. The van der Waals surface area contributed by atoms with Crippen molar-refractivity contribution in [3.8, 4) is 0 Å². The van der Waals surface area contributed by atoms with Gasteiger partial charge < -0.3 is 9.73 Å². The maximum Gasteiger partial charge on any atom is 0.257 e. The summed E-state index contributed by atoms with van der Waals surface area (Å²) < 4.78 is 5.64. The number of nitrogens with zero attached hydrogens (tertiary/aromatic N) is 2. The van der Waals surface area contributed by atoms with Gasteiger partial charge in [0.25, 0.3) is 5.22 Å². The van der Waals surface area contributed by atoms with Crippen molar-refractivity contribution in [2.45, 2.75) is 43.0 Å². The van der Waals surface area contributed by atoms with Crippen LogP contribution in [0, 0.1) is 0 Å². The summed E-state index contributed by atoms with van der Waals surface area (Å²) in [5.41, 5.74) is 1.60. The van der Waals surface area contributed by atoms with Gasteiger partial charge in [-0.3, -0.25) is 9.69 Å². The van der Waals surface area contributed by atoms with Crippen LogP contribution in [0.4, 0.5) is 0 Å². The van der Waals surface area contributed by atoms with Gasteiger partial charge in [0.1, 0.15) is 5.52 Å². The van der Waals surface area contributed by atoms with Crippen molar-refractivity contribution in [3.63, 3.8) is 0 Å². The van der Waals surface area contributed by atoms with E-state index in [1.54, 1.807) is 0 Å². The second kappa shape index (κ2) is 6.53. The quantitative estimate of drug-likeness (QED) is 0.873. The minimum Gasteiger partial charge on any atom is -0.431 e. The minimum absolute atomic E-state index is 0.0784. The lowest BCUT2D eigenvalue weighted by Crippen LogP contribution is -2.47. The Morgan fingerprint density at radius 2 is 2.22 bits per heavy atom. The first-order chi connectivity index (χ1) is 11.3. The largest absolute Gasteiger partial charge is 0.431 e. The summed E-state index contributed by atoms with van der Waals surface area (Å²) >= 11 is 1.36. The van der Waals surface area contributed by atoms with E-state index in [9.17, 15) is 4.79 Å². The fourth-order valence-corrected chi connectivity index (χ4v) is 4.35. The van der Waals surface area contributed by atoms with Crippen LogP contribution >= 0.6 is 11.8 Å². The summed E-state index contributed by atoms with van der Waals surface area (Å²) in [5, 5.41) is 3.77. The molecule has 122 valence electrons. The zero-order valence-electron chi connectivity index (χ0n) is 13.0. The highest BCUT2D eigenvalue weighted by atomic mass is 32.2. The molecule has 2 fully saturated rings. The van der Waals surface area contributed by atoms with Gasteiger partial charge in [-0.05, 0) is 37.9 Å². The second-order valence-electron chi connectivity index (χ2n) is 6.30. The lowest BCUT2D eigenvalue weighted by molar-refractivity contribution is -0.119. The third-order valence-corrected chi connectivity index (χ3v) is 5.63. The number of thioether (sulfide) groups is 1. The van der Waals surface area contributed by atoms with Crippen LogP contribution in [0.15, 0.2) is 33.9 Å². The van der Waals surface area contributed by atoms with Crippen molar-refractivity contribution in [1.29, 1.82) is 0 Å². The maximum absolute atomic E-state index is 12.2. The molecular weight excluding hydrogens is 310 g/mol. The lowest BCUT2D eigenvalue weighted by Gasteiger charge is -2.32. The van der Waals surface area contributed by atoms with Crippen molar-refractivity contribution in [2.75, 3.05) is 18.8 Å². The average Bonchev–Trinajstić information content (AvgIpc) is 3.17. The first-order valence-electron chi connectivity index (χ1n) is 8.31. The molecule has 6 heteroatoms. The monoisotopic (exact) mass is 331 g/mol. The number of nitrogens with one attached hydrogen (secondary N) is 1. The second-order valence-corrected chi connectivity index (χ2v) is 7.22. The summed E-state index contributed by atoms with van der Waals surface area (Å²) in [7, 11) is 0. The zero-order chi connectivity index (χ0) is 15.6. The number of amides is 1. The van der Waals surface area contributed by atoms with Crippen LogP contribution in [-0.2, 0) is 4.79 Å². The standard InChI is InChI=1S/C17H21N3O2S/c21-16(18-12-8-10-20-9-4-3-6-14(12)20)11-23-17-19-13-5-1-2-7-15(13)22-17/h1-2,5,7,12,14H,3-4,6,8-11H2,(H,18,21)/t12-,14-/m0/s1. The van der Waals surface area contributed by atoms with E-state index >= 15 is 0 Å². The van der Waals surface area contributed by atoms with E-state index in [1.807, 2.05) is 24.3 Å². The van der Waals surface area contributed by atoms with Gasteiger partial charge in [0.15, 0.2) is 5.58 Å². The van der Waals surface area contributed by atoms with Gasteiger partial charge in [-0.25, -0.2) is 4.98 Å². The van der Waals surface area contributed by atoms with Crippen LogP contribution in [0.25, 0.3) is 11.1 Å². The number of benzene rings is 1. The normalized spacial score (nSPS) is 24.7. The Bertz CT molecular complexity index is 669. The predicted molar refractivity (Wildman–Crippen MR) is 90.5 cm³/mol. The lowest BCUT2D eigenvalue weighted by atomic mass is 9.99. The predicted octanol–water partition coefficient (Wildman–Crippen LogP) is 2.66. The van der Waals surface area contributed by atoms with Crippen LogP contribution in [0.3, 0.4) is 0 Å². The summed E-state index contributed by atoms with van der Waals surface area (Å²) in [6, 6.07) is 8.52. The molecule has 0 radical (unpaired) electrons. The van der Waals surface area contributed by atoms with E-state index in [0.717, 1.165) is 24.1 Å². The molecule has 0 bridgehead atoms. The number of hydrogen-bond acceptors (Lipinski definition) is 5. The molecule has 2 atom stereocenters. The number of rotatable bonds is 4. The van der Waals surface area contributed by atoms with Gasteiger partial charge in [-0.2, -0.15) is 0 Å². The van der Waals surface area contributed by atoms with Crippen LogP contribution in [0.5, 0.6) is 0 Å². The van der Waals surface area contributed by atoms with Gasteiger partial charge in [0.05, 0.1) is 5.75 Å². The number of carbonyl (C=O) groups is 1. The third kappa shape index (κ3) is 3.23. The molecule has 2 aliphatic heterocycles. The highest BCUT2D eigenvalue weighted by Crippen LogP contribution is 2.27. The van der Waals surface area contributed by atoms with E-state index in [2.05, 4.69) is 15.2 Å². The molecule has 2 aliphatic rings. The summed E-state index contributed by atoms with van der Waals surface area (Å²) in [5.74, 6) is 0.436. The van der Waals surface area contributed by atoms with Gasteiger partial charge >= 0.3 is 0 Å². The molecule has 0 saturated carbocycles. The molecule has 1 amide bonds. The zero-order valence-corrected chi connectivity index (χ0v) is 13.8. The van der Waals surface area contributed by atoms with E-state index < -0.39 is 0 Å². The van der Waals surface area contributed by atoms with E-state index in [1.165, 1.54) is 37.6 Å². The summed E-state index contributed by atoms with van der Waals surface area (Å²) in [6.45, 7) is 2.31. The molecule has 2 aromatic rings. The van der Waals surface area contributed by atoms with Crippen molar-refractivity contribution < 1.29 is 9.21 Å². The van der Waals surface area contributed by atoms with Crippen molar-refractivity contribution in [1.82, 2.24) is 15.2 Å². The Hall–Kier alpha value is -1.53. The molecule has 0 unspecified atom stereocenters. The topological polar surface area (TPSA) is 58.4 Å². The Labute approximate surface area is 139 Å². The highest BCUT2D eigenvalue weighted by Gasteiger charge is 2.36. The molecule has 1 aromatic heterocycles. The molecule has 0 aliphatic carbocycles. The molecule has 3 heterocycles. The van der Waals surface area contributed by atoms with Crippen LogP contribution in [0.1, 0.15) is 25.7 Å². The molecule has 2 saturated heterocycles. The molecule has 1 aromatic carbocycles.